The van der Waals surface area contributed by atoms with E-state index in [-0.39, 0.29) is 6.61 Å². The number of aliphatic hydroxyl groups is 1. The van der Waals surface area contributed by atoms with E-state index in [1.54, 1.807) is 0 Å². The van der Waals surface area contributed by atoms with E-state index >= 15 is 0 Å². The summed E-state index contributed by atoms with van der Waals surface area (Å²) in [6.07, 6.45) is 4.69. The van der Waals surface area contributed by atoms with Crippen LogP contribution >= 0.6 is 0 Å². The molecule has 0 aliphatic rings. The van der Waals surface area contributed by atoms with Crippen molar-refractivity contribution in [3.8, 4) is 5.75 Å². The molecule has 1 aromatic heterocycles. The summed E-state index contributed by atoms with van der Waals surface area (Å²) in [6.45, 7) is 7.40. The monoisotopic (exact) mass is 317 g/mol. The molecule has 5 heteroatoms. The maximum atomic E-state index is 9.47. The molecule has 1 heterocycles. The number of ether oxygens (including phenoxy) is 1. The van der Waals surface area contributed by atoms with Gasteiger partial charge in [-0.2, -0.15) is 0 Å². The Balaban J connectivity index is 2.05. The third-order valence-corrected chi connectivity index (χ3v) is 4.21. The fourth-order valence-electron chi connectivity index (χ4n) is 2.54. The highest BCUT2D eigenvalue weighted by atomic mass is 16.5. The van der Waals surface area contributed by atoms with Crippen LogP contribution in [0, 0.1) is 13.8 Å². The molecule has 0 saturated heterocycles. The van der Waals surface area contributed by atoms with Crippen LogP contribution in [0.2, 0.25) is 0 Å². The number of aliphatic hydroxyl groups excluding tert-OH is 1. The van der Waals surface area contributed by atoms with Crippen molar-refractivity contribution in [2.24, 2.45) is 0 Å². The normalized spacial score (nSPS) is 11.0. The van der Waals surface area contributed by atoms with Crippen molar-refractivity contribution >= 4 is 0 Å². The Bertz CT molecular complexity index is 623. The summed E-state index contributed by atoms with van der Waals surface area (Å²) in [5.74, 6) is 0.868. The van der Waals surface area contributed by atoms with Gasteiger partial charge in [-0.1, -0.05) is 43.5 Å². The molecule has 0 radical (unpaired) electrons. The van der Waals surface area contributed by atoms with Gasteiger partial charge in [0.25, 0.3) is 0 Å². The number of rotatable bonds is 9. The van der Waals surface area contributed by atoms with Crippen LogP contribution < -0.4 is 4.74 Å². The van der Waals surface area contributed by atoms with E-state index in [1.807, 2.05) is 16.8 Å². The molecule has 0 amide bonds. The highest BCUT2D eigenvalue weighted by Gasteiger charge is 2.13. The molecule has 0 unspecified atom stereocenters. The first-order chi connectivity index (χ1) is 11.2. The van der Waals surface area contributed by atoms with Gasteiger partial charge in [0.05, 0.1) is 6.61 Å². The summed E-state index contributed by atoms with van der Waals surface area (Å²) < 4.78 is 7.83. The van der Waals surface area contributed by atoms with Crippen molar-refractivity contribution in [2.75, 3.05) is 0 Å². The third-order valence-electron chi connectivity index (χ3n) is 4.21. The van der Waals surface area contributed by atoms with Crippen molar-refractivity contribution in [3.05, 3.63) is 40.7 Å². The van der Waals surface area contributed by atoms with Gasteiger partial charge in [-0.05, 0) is 37.5 Å². The number of unbranched alkanes of at least 4 members (excludes halogenated alkanes) is 3. The molecule has 1 N–H and O–H groups in total. The van der Waals surface area contributed by atoms with Gasteiger partial charge in [-0.3, -0.25) is 0 Å². The first-order valence-electron chi connectivity index (χ1n) is 8.38. The number of hydrogen-bond acceptors (Lipinski definition) is 4. The molecule has 126 valence electrons. The third kappa shape index (κ3) is 4.55. The molecule has 2 rings (SSSR count). The maximum absolute atomic E-state index is 9.47. The van der Waals surface area contributed by atoms with Crippen molar-refractivity contribution < 1.29 is 9.84 Å². The minimum atomic E-state index is -0.111. The lowest BCUT2D eigenvalue weighted by Gasteiger charge is -2.12. The van der Waals surface area contributed by atoms with Crippen molar-refractivity contribution in [2.45, 2.75) is 66.2 Å². The van der Waals surface area contributed by atoms with Gasteiger partial charge in [0.1, 0.15) is 23.7 Å². The molecule has 1 aromatic carbocycles. The van der Waals surface area contributed by atoms with Crippen LogP contribution in [0.1, 0.15) is 55.1 Å². The molecule has 5 nitrogen and oxygen atoms in total. The Morgan fingerprint density at radius 2 is 2.00 bits per heavy atom. The molecule has 0 saturated carbocycles. The zero-order valence-electron chi connectivity index (χ0n) is 14.4. The van der Waals surface area contributed by atoms with Crippen molar-refractivity contribution in [3.63, 3.8) is 0 Å². The molecular weight excluding hydrogens is 290 g/mol. The van der Waals surface area contributed by atoms with E-state index in [9.17, 15) is 5.11 Å². The summed E-state index contributed by atoms with van der Waals surface area (Å²) in [5.41, 5.74) is 3.81. The van der Waals surface area contributed by atoms with Crippen LogP contribution in [-0.4, -0.2) is 20.1 Å². The van der Waals surface area contributed by atoms with Crippen LogP contribution in [0.25, 0.3) is 0 Å². The summed E-state index contributed by atoms with van der Waals surface area (Å²) in [7, 11) is 0. The second-order valence-electron chi connectivity index (χ2n) is 5.91. The largest absolute Gasteiger partial charge is 0.487 e. The predicted octanol–water partition coefficient (Wildman–Crippen LogP) is 3.55. The molecular formula is C18H27N3O2. The Hall–Kier alpha value is -1.88. The minimum Gasteiger partial charge on any atom is -0.487 e. The van der Waals surface area contributed by atoms with Gasteiger partial charge in [0, 0.05) is 6.54 Å². The first kappa shape index (κ1) is 17.5. The van der Waals surface area contributed by atoms with Gasteiger partial charge in [-0.25, -0.2) is 4.68 Å². The number of nitrogens with zero attached hydrogens (tertiary/aromatic N) is 3. The van der Waals surface area contributed by atoms with Crippen LogP contribution in [0.4, 0.5) is 0 Å². The second-order valence-corrected chi connectivity index (χ2v) is 5.91. The minimum absolute atomic E-state index is 0.111. The standard InChI is InChI=1S/C18H27N3O2/c1-4-5-6-7-11-21-17(16(12-22)19-20-21)13-23-18-10-8-9-14(2)15(18)3/h8-10,22H,4-7,11-13H2,1-3H3. The fourth-order valence-corrected chi connectivity index (χ4v) is 2.54. The summed E-state index contributed by atoms with van der Waals surface area (Å²) in [6, 6.07) is 6.03. The lowest BCUT2D eigenvalue weighted by molar-refractivity contribution is 0.260. The molecule has 0 spiro atoms. The zero-order valence-corrected chi connectivity index (χ0v) is 14.4. The van der Waals surface area contributed by atoms with Crippen LogP contribution in [-0.2, 0) is 19.8 Å². The molecule has 0 atom stereocenters. The molecule has 2 aromatic rings. The smallest absolute Gasteiger partial charge is 0.132 e. The summed E-state index contributed by atoms with van der Waals surface area (Å²) in [4.78, 5) is 0. The van der Waals surface area contributed by atoms with Crippen LogP contribution in [0.15, 0.2) is 18.2 Å². The zero-order chi connectivity index (χ0) is 16.7. The second kappa shape index (κ2) is 8.67. The Morgan fingerprint density at radius 3 is 2.74 bits per heavy atom. The van der Waals surface area contributed by atoms with Crippen molar-refractivity contribution in [1.29, 1.82) is 0 Å². The van der Waals surface area contributed by atoms with E-state index in [4.69, 9.17) is 4.74 Å². The fraction of sp³-hybridized carbons (Fsp3) is 0.556. The van der Waals surface area contributed by atoms with Crippen molar-refractivity contribution in [1.82, 2.24) is 15.0 Å². The lowest BCUT2D eigenvalue weighted by Crippen LogP contribution is -2.10. The average molecular weight is 317 g/mol. The van der Waals surface area contributed by atoms with E-state index in [0.29, 0.717) is 12.3 Å². The Kier molecular flexibility index (Phi) is 6.59. The molecule has 0 aliphatic carbocycles. The van der Waals surface area contributed by atoms with Gasteiger partial charge in [-0.15, -0.1) is 5.10 Å². The number of hydrogen-bond donors (Lipinski definition) is 1. The number of aryl methyl sites for hydroxylation is 2. The number of benzene rings is 1. The van der Waals surface area contributed by atoms with Gasteiger partial charge in [0.15, 0.2) is 0 Å². The quantitative estimate of drug-likeness (QED) is 0.719. The lowest BCUT2D eigenvalue weighted by atomic mass is 10.1. The molecule has 0 aliphatic heterocycles. The first-order valence-corrected chi connectivity index (χ1v) is 8.38. The van der Waals surface area contributed by atoms with Crippen LogP contribution in [0.5, 0.6) is 5.75 Å². The predicted molar refractivity (Wildman–Crippen MR) is 90.3 cm³/mol. The molecule has 0 fully saturated rings. The highest BCUT2D eigenvalue weighted by Crippen LogP contribution is 2.22. The van der Waals surface area contributed by atoms with E-state index in [1.165, 1.54) is 24.8 Å². The average Bonchev–Trinajstić information content (AvgIpc) is 2.95. The SMILES string of the molecule is CCCCCCn1nnc(CO)c1COc1cccc(C)c1C. The van der Waals surface area contributed by atoms with Gasteiger partial charge < -0.3 is 9.84 Å². The summed E-state index contributed by atoms with van der Waals surface area (Å²) >= 11 is 0. The summed E-state index contributed by atoms with van der Waals surface area (Å²) in [5, 5.41) is 17.7. The molecule has 0 bridgehead atoms. The Labute approximate surface area is 138 Å². The topological polar surface area (TPSA) is 60.2 Å². The highest BCUT2D eigenvalue weighted by molar-refractivity contribution is 5.38. The van der Waals surface area contributed by atoms with Crippen LogP contribution in [0.3, 0.4) is 0 Å². The Morgan fingerprint density at radius 1 is 1.17 bits per heavy atom. The van der Waals surface area contributed by atoms with E-state index < -0.39 is 0 Å². The number of aromatic nitrogens is 3. The van der Waals surface area contributed by atoms with Gasteiger partial charge in [0.2, 0.25) is 0 Å². The van der Waals surface area contributed by atoms with E-state index in [0.717, 1.165) is 30.0 Å². The van der Waals surface area contributed by atoms with E-state index in [2.05, 4.69) is 37.1 Å². The van der Waals surface area contributed by atoms with Gasteiger partial charge >= 0.3 is 0 Å². The maximum Gasteiger partial charge on any atom is 0.132 e. The molecule has 23 heavy (non-hydrogen) atoms.